The molecule has 1 N–H and O–H groups in total. The number of hydrogen-bond donors (Lipinski definition) is 1. The van der Waals surface area contributed by atoms with E-state index in [4.69, 9.17) is 19.0 Å². The molecule has 0 bridgehead atoms. The first-order valence-electron chi connectivity index (χ1n) is 9.86. The summed E-state index contributed by atoms with van der Waals surface area (Å²) in [5.41, 5.74) is 3.00. The fraction of sp³-hybridized carbons (Fsp3) is 0.545. The molecule has 7 heteroatoms. The molecule has 160 valence electrons. The van der Waals surface area contributed by atoms with Gasteiger partial charge in [0.1, 0.15) is 23.7 Å². The summed E-state index contributed by atoms with van der Waals surface area (Å²) in [7, 11) is -0.626. The average Bonchev–Trinajstić information content (AvgIpc) is 2.98. The summed E-state index contributed by atoms with van der Waals surface area (Å²) in [5.74, 6) is 0.0546. The zero-order chi connectivity index (χ0) is 22.0. The molecule has 0 aliphatic carbocycles. The number of carboxylic acid groups (broad SMARTS) is 1. The highest BCUT2D eigenvalue weighted by atomic mass is 28.4. The third-order valence-corrected chi connectivity index (χ3v) is 10.1. The van der Waals surface area contributed by atoms with Crippen LogP contribution >= 0.6 is 0 Å². The Hall–Kier alpha value is -2.28. The maximum absolute atomic E-state index is 12.6. The number of ether oxygens (including phenoxy) is 2. The molecular formula is C22H32O6Si. The average molecular weight is 421 g/mol. The molecule has 0 unspecified atom stereocenters. The molecule has 0 saturated heterocycles. The first kappa shape index (κ1) is 23.0. The molecule has 0 aromatic heterocycles. The molecule has 29 heavy (non-hydrogen) atoms. The smallest absolute Gasteiger partial charge is 0.342 e. The number of benzene rings is 1. The quantitative estimate of drug-likeness (QED) is 0.361. The van der Waals surface area contributed by atoms with Crippen molar-refractivity contribution in [2.45, 2.75) is 71.7 Å². The molecule has 0 saturated carbocycles. The van der Waals surface area contributed by atoms with Crippen molar-refractivity contribution in [1.82, 2.24) is 0 Å². The number of carbonyl (C=O) groups excluding carboxylic acids is 1. The normalized spacial score (nSPS) is 14.1. The van der Waals surface area contributed by atoms with E-state index in [1.54, 1.807) is 7.11 Å². The van der Waals surface area contributed by atoms with Crippen molar-refractivity contribution in [2.75, 3.05) is 7.11 Å². The van der Waals surface area contributed by atoms with Gasteiger partial charge in [0.15, 0.2) is 0 Å². The van der Waals surface area contributed by atoms with Gasteiger partial charge < -0.3 is 19.0 Å². The number of hydrogen-bond acceptors (Lipinski definition) is 5. The monoisotopic (exact) mass is 420 g/mol. The van der Waals surface area contributed by atoms with Crippen molar-refractivity contribution in [3.8, 4) is 11.5 Å². The Morgan fingerprint density at radius 1 is 1.24 bits per heavy atom. The molecule has 0 radical (unpaired) electrons. The molecule has 1 aromatic carbocycles. The second-order valence-corrected chi connectivity index (χ2v) is 13.6. The van der Waals surface area contributed by atoms with Crippen LogP contribution in [0.1, 0.15) is 60.7 Å². The second kappa shape index (κ2) is 8.61. The van der Waals surface area contributed by atoms with Crippen molar-refractivity contribution in [1.29, 1.82) is 0 Å². The standard InChI is InChI=1S/C22H32O6Si/c1-14-16-13-27-21(25)18(16)20(28-29(6,7)22(2,3)4)15(19(14)26-5)11-9-8-10-12-17(23)24/h8-9H,10-13H2,1-7H3,(H,23,24)/b9-8+. The van der Waals surface area contributed by atoms with Crippen LogP contribution in [0.25, 0.3) is 0 Å². The third-order valence-electron chi connectivity index (χ3n) is 5.80. The first-order chi connectivity index (χ1) is 13.4. The Labute approximate surface area is 174 Å². The maximum atomic E-state index is 12.6. The maximum Gasteiger partial charge on any atom is 0.342 e. The first-order valence-corrected chi connectivity index (χ1v) is 12.8. The number of carbonyl (C=O) groups is 2. The molecular weight excluding hydrogens is 388 g/mol. The van der Waals surface area contributed by atoms with Crippen molar-refractivity contribution in [3.05, 3.63) is 34.4 Å². The lowest BCUT2D eigenvalue weighted by molar-refractivity contribution is -0.136. The van der Waals surface area contributed by atoms with E-state index in [0.29, 0.717) is 29.9 Å². The summed E-state index contributed by atoms with van der Waals surface area (Å²) in [6.45, 7) is 12.9. The van der Waals surface area contributed by atoms with Crippen molar-refractivity contribution in [2.24, 2.45) is 0 Å². The minimum Gasteiger partial charge on any atom is -0.543 e. The zero-order valence-electron chi connectivity index (χ0n) is 18.5. The number of methoxy groups -OCH3 is 1. The lowest BCUT2D eigenvalue weighted by Gasteiger charge is -2.37. The van der Waals surface area contributed by atoms with Gasteiger partial charge in [0.25, 0.3) is 8.32 Å². The van der Waals surface area contributed by atoms with Crippen LogP contribution in [0.15, 0.2) is 12.2 Å². The summed E-state index contributed by atoms with van der Waals surface area (Å²) in [5, 5.41) is 8.76. The van der Waals surface area contributed by atoms with Gasteiger partial charge in [-0.2, -0.15) is 0 Å². The number of cyclic esters (lactones) is 1. The van der Waals surface area contributed by atoms with Gasteiger partial charge in [-0.25, -0.2) is 4.79 Å². The van der Waals surface area contributed by atoms with Crippen molar-refractivity contribution in [3.63, 3.8) is 0 Å². The fourth-order valence-corrected chi connectivity index (χ4v) is 4.10. The summed E-state index contributed by atoms with van der Waals surface area (Å²) in [4.78, 5) is 23.3. The number of allylic oxidation sites excluding steroid dienone is 2. The highest BCUT2D eigenvalue weighted by Crippen LogP contribution is 2.46. The summed E-state index contributed by atoms with van der Waals surface area (Å²) in [6.07, 6.45) is 4.75. The Morgan fingerprint density at radius 3 is 2.45 bits per heavy atom. The summed E-state index contributed by atoms with van der Waals surface area (Å²) < 4.78 is 17.7. The van der Waals surface area contributed by atoms with Gasteiger partial charge in [0, 0.05) is 17.5 Å². The Bertz CT molecular complexity index is 833. The molecule has 1 heterocycles. The van der Waals surface area contributed by atoms with Crippen molar-refractivity contribution < 1.29 is 28.6 Å². The van der Waals surface area contributed by atoms with E-state index in [-0.39, 0.29) is 24.0 Å². The van der Waals surface area contributed by atoms with Gasteiger partial charge >= 0.3 is 11.9 Å². The van der Waals surface area contributed by atoms with Gasteiger partial charge in [0.05, 0.1) is 7.11 Å². The van der Waals surface area contributed by atoms with E-state index in [2.05, 4.69) is 33.9 Å². The largest absolute Gasteiger partial charge is 0.543 e. The highest BCUT2D eigenvalue weighted by Gasteiger charge is 2.42. The zero-order valence-corrected chi connectivity index (χ0v) is 19.5. The molecule has 0 atom stereocenters. The SMILES string of the molecule is COc1c(C)c2c(c(O[Si](C)(C)C(C)(C)C)c1C/C=C/CCC(=O)O)C(=O)OC2. The molecule has 1 aliphatic heterocycles. The molecule has 1 aliphatic rings. The molecule has 0 fully saturated rings. The van der Waals surface area contributed by atoms with Crippen LogP contribution in [-0.2, 0) is 22.6 Å². The minimum atomic E-state index is -2.24. The number of carboxylic acids is 1. The summed E-state index contributed by atoms with van der Waals surface area (Å²) >= 11 is 0. The molecule has 6 nitrogen and oxygen atoms in total. The van der Waals surface area contributed by atoms with Gasteiger partial charge in [-0.3, -0.25) is 4.79 Å². The van der Waals surface area contributed by atoms with Gasteiger partial charge in [-0.15, -0.1) is 0 Å². The van der Waals surface area contributed by atoms with E-state index in [1.165, 1.54) is 0 Å². The number of aliphatic carboxylic acids is 1. The van der Waals surface area contributed by atoms with Gasteiger partial charge in [-0.1, -0.05) is 32.9 Å². The lowest BCUT2D eigenvalue weighted by atomic mass is 9.95. The third kappa shape index (κ3) is 4.83. The molecule has 2 rings (SSSR count). The van der Waals surface area contributed by atoms with E-state index < -0.39 is 14.3 Å². The van der Waals surface area contributed by atoms with Gasteiger partial charge in [0.2, 0.25) is 0 Å². The van der Waals surface area contributed by atoms with Crippen molar-refractivity contribution >= 4 is 20.3 Å². The fourth-order valence-electron chi connectivity index (χ4n) is 3.06. The molecule has 0 amide bonds. The van der Waals surface area contributed by atoms with Crippen LogP contribution in [0, 0.1) is 6.92 Å². The molecule has 0 spiro atoms. The predicted octanol–water partition coefficient (Wildman–Crippen LogP) is 5.02. The van der Waals surface area contributed by atoms with Crippen LogP contribution in [0.3, 0.4) is 0 Å². The molecule has 1 aromatic rings. The second-order valence-electron chi connectivity index (χ2n) is 8.87. The highest BCUT2D eigenvalue weighted by molar-refractivity contribution is 6.74. The predicted molar refractivity (Wildman–Crippen MR) is 114 cm³/mol. The van der Waals surface area contributed by atoms with E-state index in [9.17, 15) is 9.59 Å². The van der Waals surface area contributed by atoms with E-state index in [0.717, 1.165) is 16.7 Å². The van der Waals surface area contributed by atoms with Crippen LogP contribution in [-0.4, -0.2) is 32.5 Å². The van der Waals surface area contributed by atoms with E-state index in [1.807, 2.05) is 19.1 Å². The van der Waals surface area contributed by atoms with Crippen LogP contribution in [0.4, 0.5) is 0 Å². The Morgan fingerprint density at radius 2 is 1.90 bits per heavy atom. The lowest BCUT2D eigenvalue weighted by Crippen LogP contribution is -2.44. The van der Waals surface area contributed by atoms with Crippen LogP contribution in [0.2, 0.25) is 18.1 Å². The summed E-state index contributed by atoms with van der Waals surface area (Å²) in [6, 6.07) is 0. The van der Waals surface area contributed by atoms with Crippen LogP contribution < -0.4 is 9.16 Å². The van der Waals surface area contributed by atoms with Crippen LogP contribution in [0.5, 0.6) is 11.5 Å². The number of rotatable bonds is 8. The Kier molecular flexibility index (Phi) is 6.83. The number of esters is 1. The van der Waals surface area contributed by atoms with E-state index >= 15 is 0 Å². The van der Waals surface area contributed by atoms with Gasteiger partial charge in [-0.05, 0) is 43.5 Å². The minimum absolute atomic E-state index is 0.0465. The number of fused-ring (bicyclic) bond motifs is 1. The Balaban J connectivity index is 2.57. The topological polar surface area (TPSA) is 82.1 Å².